The summed E-state index contributed by atoms with van der Waals surface area (Å²) in [6.07, 6.45) is 5.18. The fraction of sp³-hybridized carbons (Fsp3) is 0.250. The average Bonchev–Trinajstić information content (AvgIpc) is 3.09. The lowest BCUT2D eigenvalue weighted by atomic mass is 10.3. The summed E-state index contributed by atoms with van der Waals surface area (Å²) in [5.41, 5.74) is 0.822. The number of thioether (sulfide) groups is 1. The Morgan fingerprint density at radius 1 is 1.32 bits per heavy atom. The Morgan fingerprint density at radius 3 is 3.00 bits per heavy atom. The first-order chi connectivity index (χ1) is 10.8. The van der Waals surface area contributed by atoms with Crippen molar-refractivity contribution in [3.8, 4) is 0 Å². The molecular weight excluding hydrogens is 314 g/mol. The Kier molecular flexibility index (Phi) is 5.13. The topological polar surface area (TPSA) is 46.4 Å². The number of rotatable bonds is 7. The van der Waals surface area contributed by atoms with Crippen LogP contribution in [-0.2, 0) is 11.2 Å². The molecule has 0 radical (unpaired) electrons. The minimum Gasteiger partial charge on any atom is -0.356 e. The molecule has 0 fully saturated rings. The van der Waals surface area contributed by atoms with Gasteiger partial charge >= 0.3 is 0 Å². The van der Waals surface area contributed by atoms with Gasteiger partial charge in [-0.05, 0) is 24.3 Å². The summed E-state index contributed by atoms with van der Waals surface area (Å²) in [7, 11) is 0. The Labute approximate surface area is 137 Å². The molecule has 0 unspecified atom stereocenters. The summed E-state index contributed by atoms with van der Waals surface area (Å²) < 4.78 is 1.95. The minimum atomic E-state index is 0.0375. The summed E-state index contributed by atoms with van der Waals surface area (Å²) in [5.74, 6) is 1.04. The largest absolute Gasteiger partial charge is 0.356 e. The maximum absolute atomic E-state index is 11.9. The fourth-order valence-electron chi connectivity index (χ4n) is 2.09. The van der Waals surface area contributed by atoms with Crippen LogP contribution in [0.1, 0.15) is 12.1 Å². The highest BCUT2D eigenvalue weighted by atomic mass is 32.2. The molecule has 1 aromatic carbocycles. The van der Waals surface area contributed by atoms with Gasteiger partial charge in [0, 0.05) is 29.2 Å². The number of benzene rings is 1. The van der Waals surface area contributed by atoms with Gasteiger partial charge in [0.25, 0.3) is 0 Å². The Morgan fingerprint density at radius 2 is 2.18 bits per heavy atom. The second-order valence-electron chi connectivity index (χ2n) is 4.87. The fourth-order valence-corrected chi connectivity index (χ4v) is 3.69. The third-order valence-corrected chi connectivity index (χ3v) is 5.01. The number of hydrogen-bond acceptors (Lipinski definition) is 4. The van der Waals surface area contributed by atoms with Crippen molar-refractivity contribution < 1.29 is 4.79 Å². The highest BCUT2D eigenvalue weighted by Gasteiger charge is 2.07. The first-order valence-electron chi connectivity index (χ1n) is 7.17. The Hall–Kier alpha value is -1.79. The maximum atomic E-state index is 11.9. The summed E-state index contributed by atoms with van der Waals surface area (Å²) >= 11 is 3.39. The van der Waals surface area contributed by atoms with Gasteiger partial charge in [-0.2, -0.15) is 0 Å². The lowest BCUT2D eigenvalue weighted by molar-refractivity contribution is -0.120. The third-order valence-electron chi connectivity index (χ3n) is 3.14. The number of nitrogens with zero attached hydrogens (tertiary/aromatic N) is 2. The summed E-state index contributed by atoms with van der Waals surface area (Å²) in [5, 5.41) is 4.94. The molecule has 0 spiro atoms. The van der Waals surface area contributed by atoms with E-state index in [1.807, 2.05) is 52.1 Å². The predicted octanol–water partition coefficient (Wildman–Crippen LogP) is 3.24. The molecule has 22 heavy (non-hydrogen) atoms. The first-order valence-corrected chi connectivity index (χ1v) is 9.03. The third kappa shape index (κ3) is 4.11. The SMILES string of the molecule is O=C(Cc1cn2ccsc2n1)NCCCSc1ccccc1. The van der Waals surface area contributed by atoms with Crippen molar-refractivity contribution in [2.24, 2.45) is 0 Å². The van der Waals surface area contributed by atoms with E-state index in [0.717, 1.165) is 22.8 Å². The number of aromatic nitrogens is 2. The molecule has 3 aromatic rings. The van der Waals surface area contributed by atoms with Crippen molar-refractivity contribution in [2.45, 2.75) is 17.7 Å². The van der Waals surface area contributed by atoms with Crippen molar-refractivity contribution in [1.82, 2.24) is 14.7 Å². The van der Waals surface area contributed by atoms with E-state index >= 15 is 0 Å². The van der Waals surface area contributed by atoms with Crippen LogP contribution in [0.25, 0.3) is 4.96 Å². The quantitative estimate of drug-likeness (QED) is 0.534. The molecular formula is C16H17N3OS2. The van der Waals surface area contributed by atoms with Crippen LogP contribution in [0.4, 0.5) is 0 Å². The molecule has 0 saturated heterocycles. The molecule has 2 heterocycles. The maximum Gasteiger partial charge on any atom is 0.226 e. The van der Waals surface area contributed by atoms with Gasteiger partial charge in [-0.15, -0.1) is 23.1 Å². The van der Waals surface area contributed by atoms with Gasteiger partial charge in [0.15, 0.2) is 4.96 Å². The standard InChI is InChI=1S/C16H17N3OS2/c20-15(11-13-12-19-8-10-22-16(19)18-13)17-7-4-9-21-14-5-2-1-3-6-14/h1-3,5-6,8,10,12H,4,7,9,11H2,(H,17,20). The second-order valence-corrected chi connectivity index (χ2v) is 6.91. The van der Waals surface area contributed by atoms with Crippen LogP contribution >= 0.6 is 23.1 Å². The number of carbonyl (C=O) groups is 1. The van der Waals surface area contributed by atoms with E-state index in [-0.39, 0.29) is 5.91 Å². The molecule has 0 aliphatic rings. The molecule has 2 aromatic heterocycles. The lowest BCUT2D eigenvalue weighted by Gasteiger charge is -2.04. The van der Waals surface area contributed by atoms with Gasteiger partial charge in [-0.25, -0.2) is 4.98 Å². The molecule has 3 rings (SSSR count). The Bertz CT molecular complexity index is 708. The minimum absolute atomic E-state index is 0.0375. The lowest BCUT2D eigenvalue weighted by Crippen LogP contribution is -2.26. The zero-order valence-corrected chi connectivity index (χ0v) is 13.7. The number of nitrogens with one attached hydrogen (secondary N) is 1. The van der Waals surface area contributed by atoms with Crippen LogP contribution in [0.5, 0.6) is 0 Å². The summed E-state index contributed by atoms with van der Waals surface area (Å²) in [4.78, 5) is 18.5. The number of hydrogen-bond donors (Lipinski definition) is 1. The molecule has 0 atom stereocenters. The number of amides is 1. The molecule has 0 saturated carbocycles. The van der Waals surface area contributed by atoms with Gasteiger partial charge in [0.2, 0.25) is 5.91 Å². The van der Waals surface area contributed by atoms with Gasteiger partial charge in [0.1, 0.15) is 0 Å². The Balaban J connectivity index is 1.35. The zero-order chi connectivity index (χ0) is 15.2. The number of carbonyl (C=O) groups excluding carboxylic acids is 1. The van der Waals surface area contributed by atoms with Crippen molar-refractivity contribution in [3.05, 3.63) is 53.8 Å². The average molecular weight is 331 g/mol. The molecule has 1 amide bonds. The molecule has 0 aliphatic carbocycles. The van der Waals surface area contributed by atoms with Gasteiger partial charge < -0.3 is 5.32 Å². The number of thiazole rings is 1. The van der Waals surface area contributed by atoms with Crippen molar-refractivity contribution in [2.75, 3.05) is 12.3 Å². The van der Waals surface area contributed by atoms with E-state index in [1.165, 1.54) is 4.90 Å². The van der Waals surface area contributed by atoms with Crippen LogP contribution < -0.4 is 5.32 Å². The van der Waals surface area contributed by atoms with Gasteiger partial charge in [-0.1, -0.05) is 18.2 Å². The van der Waals surface area contributed by atoms with Crippen LogP contribution in [0.2, 0.25) is 0 Å². The van der Waals surface area contributed by atoms with E-state index in [2.05, 4.69) is 22.4 Å². The predicted molar refractivity (Wildman–Crippen MR) is 91.6 cm³/mol. The monoisotopic (exact) mass is 331 g/mol. The summed E-state index contributed by atoms with van der Waals surface area (Å²) in [6, 6.07) is 10.3. The second kappa shape index (κ2) is 7.47. The van der Waals surface area contributed by atoms with Gasteiger partial charge in [-0.3, -0.25) is 9.20 Å². The summed E-state index contributed by atoms with van der Waals surface area (Å²) in [6.45, 7) is 0.709. The van der Waals surface area contributed by atoms with E-state index < -0.39 is 0 Å². The van der Waals surface area contributed by atoms with Crippen LogP contribution in [0.15, 0.2) is 53.0 Å². The van der Waals surface area contributed by atoms with E-state index in [4.69, 9.17) is 0 Å². The highest BCUT2D eigenvalue weighted by Crippen LogP contribution is 2.17. The number of fused-ring (bicyclic) bond motifs is 1. The highest BCUT2D eigenvalue weighted by molar-refractivity contribution is 7.99. The molecule has 1 N–H and O–H groups in total. The molecule has 0 aliphatic heterocycles. The molecule has 4 nitrogen and oxygen atoms in total. The van der Waals surface area contributed by atoms with Crippen molar-refractivity contribution in [1.29, 1.82) is 0 Å². The van der Waals surface area contributed by atoms with E-state index in [1.54, 1.807) is 11.3 Å². The first kappa shape index (κ1) is 15.1. The smallest absolute Gasteiger partial charge is 0.226 e. The zero-order valence-electron chi connectivity index (χ0n) is 12.1. The van der Waals surface area contributed by atoms with Crippen molar-refractivity contribution in [3.63, 3.8) is 0 Å². The molecule has 6 heteroatoms. The van der Waals surface area contributed by atoms with Crippen molar-refractivity contribution >= 4 is 34.0 Å². The van der Waals surface area contributed by atoms with Crippen LogP contribution in [0.3, 0.4) is 0 Å². The van der Waals surface area contributed by atoms with Crippen LogP contribution in [0, 0.1) is 0 Å². The van der Waals surface area contributed by atoms with Gasteiger partial charge in [0.05, 0.1) is 12.1 Å². The van der Waals surface area contributed by atoms with Crippen LogP contribution in [-0.4, -0.2) is 27.6 Å². The normalized spacial score (nSPS) is 10.9. The molecule has 0 bridgehead atoms. The molecule has 114 valence electrons. The number of imidazole rings is 1. The van der Waals surface area contributed by atoms with E-state index in [9.17, 15) is 4.79 Å². The van der Waals surface area contributed by atoms with E-state index in [0.29, 0.717) is 13.0 Å².